The van der Waals surface area contributed by atoms with Gasteiger partial charge in [0.25, 0.3) is 0 Å². The van der Waals surface area contributed by atoms with Crippen LogP contribution in [-0.2, 0) is 0 Å². The van der Waals surface area contributed by atoms with E-state index in [1.807, 2.05) is 31.2 Å². The highest BCUT2D eigenvalue weighted by Gasteiger charge is 2.09. The lowest BCUT2D eigenvalue weighted by molar-refractivity contribution is 0.882. The van der Waals surface area contributed by atoms with Gasteiger partial charge in [0.2, 0.25) is 0 Å². The smallest absolute Gasteiger partial charge is 0.0656 e. The first kappa shape index (κ1) is 14.2. The second kappa shape index (κ2) is 5.85. The van der Waals surface area contributed by atoms with Gasteiger partial charge in [-0.1, -0.05) is 39.7 Å². The topological polar surface area (TPSA) is 38.0 Å². The molecule has 0 amide bonds. The number of hydrogen-bond donors (Lipinski definition) is 2. The first-order chi connectivity index (χ1) is 8.97. The largest absolute Gasteiger partial charge is 0.398 e. The molecule has 2 rings (SSSR count). The fraction of sp³-hybridized carbons (Fsp3) is 0.200. The zero-order chi connectivity index (χ0) is 14.0. The van der Waals surface area contributed by atoms with Crippen LogP contribution in [0, 0.1) is 6.92 Å². The molecule has 0 bridgehead atoms. The Morgan fingerprint density at radius 3 is 2.47 bits per heavy atom. The van der Waals surface area contributed by atoms with Crippen molar-refractivity contribution in [3.8, 4) is 0 Å². The molecule has 100 valence electrons. The highest BCUT2D eigenvalue weighted by Crippen LogP contribution is 2.29. The molecule has 19 heavy (non-hydrogen) atoms. The standard InChI is InChI=1S/C15H16BrClN2/c1-9-7-14(18)13(17)8-15(9)19-10(2)11-3-5-12(16)6-4-11/h3-8,10,19H,18H2,1-2H3. The van der Waals surface area contributed by atoms with Gasteiger partial charge in [-0.05, 0) is 49.2 Å². The van der Waals surface area contributed by atoms with E-state index in [1.54, 1.807) is 0 Å². The summed E-state index contributed by atoms with van der Waals surface area (Å²) in [6.45, 7) is 4.14. The third kappa shape index (κ3) is 3.43. The maximum absolute atomic E-state index is 6.06. The van der Waals surface area contributed by atoms with Crippen molar-refractivity contribution < 1.29 is 0 Å². The second-order valence-electron chi connectivity index (χ2n) is 4.61. The number of halogens is 2. The summed E-state index contributed by atoms with van der Waals surface area (Å²) >= 11 is 9.50. The Kier molecular flexibility index (Phi) is 4.38. The lowest BCUT2D eigenvalue weighted by atomic mass is 10.1. The predicted molar refractivity (Wildman–Crippen MR) is 86.8 cm³/mol. The normalized spacial score (nSPS) is 12.2. The van der Waals surface area contributed by atoms with E-state index < -0.39 is 0 Å². The summed E-state index contributed by atoms with van der Waals surface area (Å²) in [5.74, 6) is 0. The van der Waals surface area contributed by atoms with Gasteiger partial charge in [0.1, 0.15) is 0 Å². The highest BCUT2D eigenvalue weighted by molar-refractivity contribution is 9.10. The van der Waals surface area contributed by atoms with E-state index in [0.29, 0.717) is 10.7 Å². The summed E-state index contributed by atoms with van der Waals surface area (Å²) < 4.78 is 1.08. The van der Waals surface area contributed by atoms with Gasteiger partial charge in [0.15, 0.2) is 0 Å². The van der Waals surface area contributed by atoms with Crippen LogP contribution in [0.4, 0.5) is 11.4 Å². The Bertz CT molecular complexity index is 581. The van der Waals surface area contributed by atoms with Gasteiger partial charge >= 0.3 is 0 Å². The van der Waals surface area contributed by atoms with Crippen LogP contribution in [0.25, 0.3) is 0 Å². The third-order valence-corrected chi connectivity index (χ3v) is 3.94. The van der Waals surface area contributed by atoms with E-state index in [2.05, 4.69) is 40.3 Å². The zero-order valence-corrected chi connectivity index (χ0v) is 13.2. The molecule has 0 fully saturated rings. The summed E-state index contributed by atoms with van der Waals surface area (Å²) in [5, 5.41) is 4.04. The van der Waals surface area contributed by atoms with Crippen molar-refractivity contribution in [2.45, 2.75) is 19.9 Å². The molecule has 0 aromatic heterocycles. The first-order valence-electron chi connectivity index (χ1n) is 6.05. The highest BCUT2D eigenvalue weighted by atomic mass is 79.9. The van der Waals surface area contributed by atoms with Crippen molar-refractivity contribution in [3.05, 3.63) is 57.0 Å². The van der Waals surface area contributed by atoms with Crippen LogP contribution < -0.4 is 11.1 Å². The van der Waals surface area contributed by atoms with Gasteiger partial charge in [-0.15, -0.1) is 0 Å². The molecule has 0 saturated heterocycles. The summed E-state index contributed by atoms with van der Waals surface area (Å²) in [4.78, 5) is 0. The number of benzene rings is 2. The lowest BCUT2D eigenvalue weighted by Crippen LogP contribution is -2.08. The molecule has 0 saturated carbocycles. The van der Waals surface area contributed by atoms with Crippen LogP contribution in [-0.4, -0.2) is 0 Å². The summed E-state index contributed by atoms with van der Waals surface area (Å²) in [7, 11) is 0. The van der Waals surface area contributed by atoms with Gasteiger partial charge in [-0.25, -0.2) is 0 Å². The number of nitrogens with two attached hydrogens (primary N) is 1. The van der Waals surface area contributed by atoms with Crippen molar-refractivity contribution in [3.63, 3.8) is 0 Å². The second-order valence-corrected chi connectivity index (χ2v) is 5.93. The number of nitrogen functional groups attached to an aromatic ring is 1. The molecule has 2 nitrogen and oxygen atoms in total. The molecular weight excluding hydrogens is 324 g/mol. The summed E-state index contributed by atoms with van der Waals surface area (Å²) in [6.07, 6.45) is 0. The zero-order valence-electron chi connectivity index (χ0n) is 10.9. The van der Waals surface area contributed by atoms with E-state index in [-0.39, 0.29) is 6.04 Å². The Balaban J connectivity index is 2.21. The van der Waals surface area contributed by atoms with E-state index in [1.165, 1.54) is 5.56 Å². The monoisotopic (exact) mass is 338 g/mol. The molecule has 2 aromatic carbocycles. The molecular formula is C15H16BrClN2. The van der Waals surface area contributed by atoms with Crippen molar-refractivity contribution in [1.29, 1.82) is 0 Å². The predicted octanol–water partition coefficient (Wildman–Crippen LogP) is 5.17. The average molecular weight is 340 g/mol. The van der Waals surface area contributed by atoms with Crippen molar-refractivity contribution >= 4 is 38.9 Å². The van der Waals surface area contributed by atoms with Crippen LogP contribution in [0.15, 0.2) is 40.9 Å². The number of aryl methyl sites for hydroxylation is 1. The quantitative estimate of drug-likeness (QED) is 0.757. The van der Waals surface area contributed by atoms with Crippen molar-refractivity contribution in [2.75, 3.05) is 11.1 Å². The van der Waals surface area contributed by atoms with E-state index in [0.717, 1.165) is 15.7 Å². The molecule has 1 atom stereocenters. The number of anilines is 2. The molecule has 0 radical (unpaired) electrons. The Labute approximate surface area is 127 Å². The molecule has 0 heterocycles. The summed E-state index contributed by atoms with van der Waals surface area (Å²) in [5.41, 5.74) is 9.71. The minimum Gasteiger partial charge on any atom is -0.398 e. The van der Waals surface area contributed by atoms with Crippen LogP contribution in [0.1, 0.15) is 24.1 Å². The molecule has 1 unspecified atom stereocenters. The minimum atomic E-state index is 0.200. The van der Waals surface area contributed by atoms with Crippen molar-refractivity contribution in [1.82, 2.24) is 0 Å². The number of nitrogens with one attached hydrogen (secondary N) is 1. The van der Waals surface area contributed by atoms with Crippen LogP contribution in [0.5, 0.6) is 0 Å². The molecule has 0 spiro atoms. The first-order valence-corrected chi connectivity index (χ1v) is 7.22. The fourth-order valence-electron chi connectivity index (χ4n) is 1.93. The van der Waals surface area contributed by atoms with E-state index in [9.17, 15) is 0 Å². The van der Waals surface area contributed by atoms with Crippen LogP contribution in [0.3, 0.4) is 0 Å². The Morgan fingerprint density at radius 1 is 1.21 bits per heavy atom. The van der Waals surface area contributed by atoms with Crippen molar-refractivity contribution in [2.24, 2.45) is 0 Å². The van der Waals surface area contributed by atoms with Gasteiger partial charge in [-0.2, -0.15) is 0 Å². The van der Waals surface area contributed by atoms with E-state index in [4.69, 9.17) is 17.3 Å². The minimum absolute atomic E-state index is 0.200. The summed E-state index contributed by atoms with van der Waals surface area (Å²) in [6, 6.07) is 12.2. The Hall–Kier alpha value is -1.19. The SMILES string of the molecule is Cc1cc(N)c(Cl)cc1NC(C)c1ccc(Br)cc1. The Morgan fingerprint density at radius 2 is 1.84 bits per heavy atom. The lowest BCUT2D eigenvalue weighted by Gasteiger charge is -2.18. The molecule has 2 aromatic rings. The molecule has 0 aliphatic heterocycles. The number of hydrogen-bond acceptors (Lipinski definition) is 2. The maximum Gasteiger partial charge on any atom is 0.0656 e. The van der Waals surface area contributed by atoms with Gasteiger partial charge in [-0.3, -0.25) is 0 Å². The molecule has 3 N–H and O–H groups in total. The van der Waals surface area contributed by atoms with E-state index >= 15 is 0 Å². The van der Waals surface area contributed by atoms with Gasteiger partial charge in [0, 0.05) is 16.2 Å². The van der Waals surface area contributed by atoms with Gasteiger partial charge < -0.3 is 11.1 Å². The third-order valence-electron chi connectivity index (χ3n) is 3.09. The molecule has 0 aliphatic carbocycles. The molecule has 4 heteroatoms. The average Bonchev–Trinajstić information content (AvgIpc) is 2.36. The number of rotatable bonds is 3. The maximum atomic E-state index is 6.06. The van der Waals surface area contributed by atoms with Crippen LogP contribution in [0.2, 0.25) is 5.02 Å². The molecule has 0 aliphatic rings. The fourth-order valence-corrected chi connectivity index (χ4v) is 2.36. The van der Waals surface area contributed by atoms with Gasteiger partial charge in [0.05, 0.1) is 10.7 Å². The van der Waals surface area contributed by atoms with Crippen LogP contribution >= 0.6 is 27.5 Å².